The Labute approximate surface area is 121 Å². The topological polar surface area (TPSA) is 83.6 Å². The highest BCUT2D eigenvalue weighted by Crippen LogP contribution is 2.19. The summed E-state index contributed by atoms with van der Waals surface area (Å²) in [6.45, 7) is 5.68. The predicted octanol–water partition coefficient (Wildman–Crippen LogP) is 2.35. The Bertz CT molecular complexity index is 618. The monoisotopic (exact) mass is 291 g/mol. The van der Waals surface area contributed by atoms with Gasteiger partial charge in [0, 0.05) is 6.20 Å². The Kier molecular flexibility index (Phi) is 4.39. The number of nitrogens with one attached hydrogen (secondary N) is 2. The Balaban J connectivity index is 2.30. The smallest absolute Gasteiger partial charge is 0.259 e. The molecule has 0 bridgehead atoms. The number of nitrogens with zero attached hydrogens (tertiary/aromatic N) is 3. The van der Waals surface area contributed by atoms with Crippen LogP contribution in [0.4, 0.5) is 5.69 Å². The largest absolute Gasteiger partial charge is 0.319 e. The number of hydrogen-bond donors (Lipinski definition) is 2. The SMILES string of the molecule is CCc1nc(SC)ncc1C(=O)Nc1c(C)n[nH]c1C. The van der Waals surface area contributed by atoms with E-state index in [0.717, 1.165) is 17.1 Å². The molecule has 2 aromatic rings. The van der Waals surface area contributed by atoms with Crippen molar-refractivity contribution in [1.82, 2.24) is 20.2 Å². The van der Waals surface area contributed by atoms with Crippen molar-refractivity contribution in [2.24, 2.45) is 0 Å². The second-order valence-electron chi connectivity index (χ2n) is 4.33. The lowest BCUT2D eigenvalue weighted by molar-refractivity contribution is 0.102. The molecule has 0 radical (unpaired) electrons. The van der Waals surface area contributed by atoms with Crippen LogP contribution in [0.2, 0.25) is 0 Å². The van der Waals surface area contributed by atoms with Crippen LogP contribution >= 0.6 is 11.8 Å². The molecule has 0 aliphatic rings. The third-order valence-corrected chi connectivity index (χ3v) is 3.54. The molecular formula is C13H17N5OS. The summed E-state index contributed by atoms with van der Waals surface area (Å²) < 4.78 is 0. The fourth-order valence-electron chi connectivity index (χ4n) is 1.87. The first-order valence-electron chi connectivity index (χ1n) is 6.29. The lowest BCUT2D eigenvalue weighted by Gasteiger charge is -2.09. The van der Waals surface area contributed by atoms with Gasteiger partial charge in [0.05, 0.1) is 28.3 Å². The Morgan fingerprint density at radius 3 is 2.75 bits per heavy atom. The molecule has 2 heterocycles. The van der Waals surface area contributed by atoms with Crippen LogP contribution in [0.5, 0.6) is 0 Å². The number of aromatic nitrogens is 4. The van der Waals surface area contributed by atoms with Crippen molar-refractivity contribution >= 4 is 23.4 Å². The molecule has 106 valence electrons. The minimum absolute atomic E-state index is 0.206. The second-order valence-corrected chi connectivity index (χ2v) is 5.11. The number of hydrogen-bond acceptors (Lipinski definition) is 5. The van der Waals surface area contributed by atoms with Crippen LogP contribution in [0.1, 0.15) is 34.4 Å². The highest BCUT2D eigenvalue weighted by atomic mass is 32.2. The molecule has 0 atom stereocenters. The van der Waals surface area contributed by atoms with Gasteiger partial charge in [-0.2, -0.15) is 5.10 Å². The van der Waals surface area contributed by atoms with E-state index in [-0.39, 0.29) is 5.91 Å². The minimum atomic E-state index is -0.206. The molecule has 0 fully saturated rings. The van der Waals surface area contributed by atoms with Crippen molar-refractivity contribution in [3.63, 3.8) is 0 Å². The molecule has 0 aromatic carbocycles. The first-order chi connectivity index (χ1) is 9.56. The number of carbonyl (C=O) groups excluding carboxylic acids is 1. The number of anilines is 1. The molecule has 7 heteroatoms. The molecule has 2 aromatic heterocycles. The maximum Gasteiger partial charge on any atom is 0.259 e. The predicted molar refractivity (Wildman–Crippen MR) is 79.2 cm³/mol. The standard InChI is InChI=1S/C13H17N5OS/c1-5-10-9(6-14-13(15-10)20-4)12(19)16-11-7(2)17-18-8(11)3/h6H,5H2,1-4H3,(H,16,19)(H,17,18). The molecule has 0 saturated carbocycles. The zero-order valence-corrected chi connectivity index (χ0v) is 12.8. The van der Waals surface area contributed by atoms with Gasteiger partial charge in [0.2, 0.25) is 0 Å². The number of carbonyl (C=O) groups is 1. The summed E-state index contributed by atoms with van der Waals surface area (Å²) >= 11 is 1.46. The number of rotatable bonds is 4. The van der Waals surface area contributed by atoms with Gasteiger partial charge in [-0.15, -0.1) is 0 Å². The average molecular weight is 291 g/mol. The fraction of sp³-hybridized carbons (Fsp3) is 0.385. The lowest BCUT2D eigenvalue weighted by atomic mass is 10.1. The van der Waals surface area contributed by atoms with E-state index in [1.165, 1.54) is 11.8 Å². The van der Waals surface area contributed by atoms with Gasteiger partial charge < -0.3 is 5.32 Å². The maximum atomic E-state index is 12.4. The van der Waals surface area contributed by atoms with Crippen LogP contribution in [0, 0.1) is 13.8 Å². The summed E-state index contributed by atoms with van der Waals surface area (Å²) in [7, 11) is 0. The van der Waals surface area contributed by atoms with Gasteiger partial charge in [0.1, 0.15) is 0 Å². The van der Waals surface area contributed by atoms with Crippen molar-refractivity contribution in [2.45, 2.75) is 32.3 Å². The van der Waals surface area contributed by atoms with Gasteiger partial charge in [0.25, 0.3) is 5.91 Å². The van der Waals surface area contributed by atoms with Gasteiger partial charge in [-0.25, -0.2) is 9.97 Å². The molecule has 1 amide bonds. The Morgan fingerprint density at radius 1 is 1.45 bits per heavy atom. The van der Waals surface area contributed by atoms with Crippen LogP contribution in [-0.2, 0) is 6.42 Å². The summed E-state index contributed by atoms with van der Waals surface area (Å²) in [5.74, 6) is -0.206. The van der Waals surface area contributed by atoms with E-state index in [1.54, 1.807) is 6.20 Å². The molecular weight excluding hydrogens is 274 g/mol. The first kappa shape index (κ1) is 14.5. The fourth-order valence-corrected chi connectivity index (χ4v) is 2.23. The number of amides is 1. The maximum absolute atomic E-state index is 12.4. The van der Waals surface area contributed by atoms with Gasteiger partial charge >= 0.3 is 0 Å². The summed E-state index contributed by atoms with van der Waals surface area (Å²) in [5, 5.41) is 10.4. The molecule has 0 aliphatic carbocycles. The van der Waals surface area contributed by atoms with Gasteiger partial charge in [-0.1, -0.05) is 18.7 Å². The van der Waals surface area contributed by atoms with Crippen LogP contribution in [-0.4, -0.2) is 32.3 Å². The van der Waals surface area contributed by atoms with E-state index in [1.807, 2.05) is 27.0 Å². The van der Waals surface area contributed by atoms with Gasteiger partial charge in [-0.3, -0.25) is 9.89 Å². The third kappa shape index (κ3) is 2.82. The summed E-state index contributed by atoms with van der Waals surface area (Å²) in [5.41, 5.74) is 3.56. The first-order valence-corrected chi connectivity index (χ1v) is 7.52. The van der Waals surface area contributed by atoms with E-state index >= 15 is 0 Å². The highest BCUT2D eigenvalue weighted by Gasteiger charge is 2.16. The summed E-state index contributed by atoms with van der Waals surface area (Å²) in [6, 6.07) is 0. The molecule has 0 saturated heterocycles. The number of thioether (sulfide) groups is 1. The summed E-state index contributed by atoms with van der Waals surface area (Å²) in [6.07, 6.45) is 4.17. The van der Waals surface area contributed by atoms with Crippen LogP contribution in [0.3, 0.4) is 0 Å². The van der Waals surface area contributed by atoms with Crippen LogP contribution < -0.4 is 5.32 Å². The zero-order chi connectivity index (χ0) is 14.7. The van der Waals surface area contributed by atoms with E-state index in [0.29, 0.717) is 22.8 Å². The minimum Gasteiger partial charge on any atom is -0.319 e. The normalized spacial score (nSPS) is 10.6. The van der Waals surface area contributed by atoms with Crippen molar-refractivity contribution in [3.8, 4) is 0 Å². The van der Waals surface area contributed by atoms with Crippen molar-refractivity contribution < 1.29 is 4.79 Å². The number of aromatic amines is 1. The molecule has 6 nitrogen and oxygen atoms in total. The highest BCUT2D eigenvalue weighted by molar-refractivity contribution is 7.98. The van der Waals surface area contributed by atoms with Gasteiger partial charge in [0.15, 0.2) is 5.16 Å². The quantitative estimate of drug-likeness (QED) is 0.667. The van der Waals surface area contributed by atoms with Gasteiger partial charge in [-0.05, 0) is 26.5 Å². The zero-order valence-electron chi connectivity index (χ0n) is 11.9. The van der Waals surface area contributed by atoms with E-state index in [4.69, 9.17) is 0 Å². The molecule has 0 unspecified atom stereocenters. The van der Waals surface area contributed by atoms with Crippen molar-refractivity contribution in [1.29, 1.82) is 0 Å². The second kappa shape index (κ2) is 6.04. The number of H-pyrrole nitrogens is 1. The van der Waals surface area contributed by atoms with E-state index < -0.39 is 0 Å². The number of aryl methyl sites for hydroxylation is 3. The molecule has 2 N–H and O–H groups in total. The van der Waals surface area contributed by atoms with Crippen LogP contribution in [0.25, 0.3) is 0 Å². The Morgan fingerprint density at radius 2 is 2.20 bits per heavy atom. The third-order valence-electron chi connectivity index (χ3n) is 2.97. The molecule has 2 rings (SSSR count). The van der Waals surface area contributed by atoms with Crippen molar-refractivity contribution in [2.75, 3.05) is 11.6 Å². The van der Waals surface area contributed by atoms with E-state index in [2.05, 4.69) is 25.5 Å². The van der Waals surface area contributed by atoms with Crippen molar-refractivity contribution in [3.05, 3.63) is 28.8 Å². The Hall–Kier alpha value is -1.89. The molecule has 20 heavy (non-hydrogen) atoms. The van der Waals surface area contributed by atoms with Crippen LogP contribution in [0.15, 0.2) is 11.4 Å². The van der Waals surface area contributed by atoms with E-state index in [9.17, 15) is 4.79 Å². The molecule has 0 spiro atoms. The lowest BCUT2D eigenvalue weighted by Crippen LogP contribution is -2.16. The summed E-state index contributed by atoms with van der Waals surface area (Å²) in [4.78, 5) is 20.9. The average Bonchev–Trinajstić information content (AvgIpc) is 2.78. The molecule has 0 aliphatic heterocycles.